The lowest BCUT2D eigenvalue weighted by Gasteiger charge is -2.28. The lowest BCUT2D eigenvalue weighted by atomic mass is 10.1. The number of Topliss-reactive ketones (excluding diaryl/α,β-unsaturated/α-hetero) is 1. The number of rotatable bonds is 4. The molecule has 0 aliphatic carbocycles. The van der Waals surface area contributed by atoms with Crippen molar-refractivity contribution in [1.82, 2.24) is 0 Å². The molecule has 7 heteroatoms. The maximum absolute atomic E-state index is 13.2. The molecule has 3 aromatic rings. The number of hydrogen-bond donors (Lipinski definition) is 0. The first-order chi connectivity index (χ1) is 13.9. The largest absolute Gasteiger partial charge is 0.497 e. The number of para-hydroxylation sites is 1. The summed E-state index contributed by atoms with van der Waals surface area (Å²) in [4.78, 5) is 14.7. The highest BCUT2D eigenvalue weighted by Crippen LogP contribution is 2.40. The molecule has 1 aliphatic rings. The van der Waals surface area contributed by atoms with E-state index in [1.54, 1.807) is 47.4 Å². The molecule has 0 saturated carbocycles. The van der Waals surface area contributed by atoms with Gasteiger partial charge in [0.1, 0.15) is 10.7 Å². The van der Waals surface area contributed by atoms with Crippen LogP contribution in [-0.4, -0.2) is 21.3 Å². The number of anilines is 2. The molecule has 1 heterocycles. The van der Waals surface area contributed by atoms with Gasteiger partial charge in [0.05, 0.1) is 17.7 Å². The van der Waals surface area contributed by atoms with Crippen molar-refractivity contribution in [3.05, 3.63) is 93.9 Å². The van der Waals surface area contributed by atoms with Gasteiger partial charge in [0.15, 0.2) is 0 Å². The number of nitrogens with zero attached hydrogens (tertiary/aromatic N) is 1. The molecule has 1 aliphatic heterocycles. The Morgan fingerprint density at radius 1 is 0.931 bits per heavy atom. The zero-order valence-electron chi connectivity index (χ0n) is 15.4. The number of methoxy groups -OCH3 is 1. The van der Waals surface area contributed by atoms with Crippen LogP contribution in [0.2, 0.25) is 0 Å². The number of halogens is 1. The van der Waals surface area contributed by atoms with Crippen molar-refractivity contribution >= 4 is 42.9 Å². The molecule has 0 atom stereocenters. The molecule has 0 aromatic heterocycles. The third kappa shape index (κ3) is 3.47. The van der Waals surface area contributed by atoms with Crippen LogP contribution in [-0.2, 0) is 9.84 Å². The number of hydrogen-bond acceptors (Lipinski definition) is 5. The fourth-order valence-electron chi connectivity index (χ4n) is 3.14. The molecule has 0 bridgehead atoms. The third-order valence-electron chi connectivity index (χ3n) is 4.63. The predicted molar refractivity (Wildman–Crippen MR) is 115 cm³/mol. The molecule has 5 nitrogen and oxygen atoms in total. The van der Waals surface area contributed by atoms with Crippen LogP contribution in [0.1, 0.15) is 10.4 Å². The molecular formula is C22H16BrNO4S. The summed E-state index contributed by atoms with van der Waals surface area (Å²) in [5, 5.41) is 0. The Morgan fingerprint density at radius 2 is 1.59 bits per heavy atom. The third-order valence-corrected chi connectivity index (χ3v) is 6.95. The van der Waals surface area contributed by atoms with Gasteiger partial charge in [0.2, 0.25) is 15.6 Å². The fourth-order valence-corrected chi connectivity index (χ4v) is 4.95. The van der Waals surface area contributed by atoms with Crippen molar-refractivity contribution in [1.29, 1.82) is 0 Å². The minimum atomic E-state index is -3.97. The molecule has 0 spiro atoms. The van der Waals surface area contributed by atoms with E-state index in [0.29, 0.717) is 11.4 Å². The summed E-state index contributed by atoms with van der Waals surface area (Å²) >= 11 is 3.40. The van der Waals surface area contributed by atoms with Crippen LogP contribution < -0.4 is 9.64 Å². The molecule has 29 heavy (non-hydrogen) atoms. The molecule has 0 unspecified atom stereocenters. The normalized spacial score (nSPS) is 14.7. The van der Waals surface area contributed by atoms with E-state index in [0.717, 1.165) is 10.2 Å². The molecule has 0 fully saturated rings. The number of ether oxygens (including phenoxy) is 1. The second-order valence-electron chi connectivity index (χ2n) is 6.37. The lowest BCUT2D eigenvalue weighted by Crippen LogP contribution is -2.25. The fraction of sp³-hybridized carbons (Fsp3) is 0.0455. The van der Waals surface area contributed by atoms with Crippen molar-refractivity contribution in [3.8, 4) is 5.75 Å². The summed E-state index contributed by atoms with van der Waals surface area (Å²) in [6.45, 7) is 0. The lowest BCUT2D eigenvalue weighted by molar-refractivity contribution is 0.104. The van der Waals surface area contributed by atoms with Crippen molar-refractivity contribution < 1.29 is 17.9 Å². The van der Waals surface area contributed by atoms with Gasteiger partial charge in [-0.2, -0.15) is 0 Å². The Labute approximate surface area is 177 Å². The number of benzene rings is 3. The first-order valence-electron chi connectivity index (χ1n) is 8.71. The van der Waals surface area contributed by atoms with Crippen molar-refractivity contribution in [2.24, 2.45) is 0 Å². The minimum Gasteiger partial charge on any atom is -0.497 e. The summed E-state index contributed by atoms with van der Waals surface area (Å²) in [5.41, 5.74) is 1.52. The van der Waals surface area contributed by atoms with Gasteiger partial charge in [-0.1, -0.05) is 28.1 Å². The quantitative estimate of drug-likeness (QED) is 0.496. The van der Waals surface area contributed by atoms with Crippen molar-refractivity contribution in [2.45, 2.75) is 4.90 Å². The number of allylic oxidation sites excluding steroid dienone is 1. The van der Waals surface area contributed by atoms with Gasteiger partial charge in [0, 0.05) is 21.9 Å². The molecule has 3 aromatic carbocycles. The van der Waals surface area contributed by atoms with Gasteiger partial charge in [-0.25, -0.2) is 8.42 Å². The Bertz CT molecular complexity index is 1220. The Morgan fingerprint density at radius 3 is 2.24 bits per heavy atom. The van der Waals surface area contributed by atoms with E-state index < -0.39 is 15.6 Å². The SMILES string of the molecule is COc1ccc(C(=O)C2=CN(c3ccc(Br)cc3)c3ccccc3S2(=O)=O)cc1. The van der Waals surface area contributed by atoms with Gasteiger partial charge in [-0.15, -0.1) is 0 Å². The van der Waals surface area contributed by atoms with Crippen LogP contribution in [0.5, 0.6) is 5.75 Å². The molecule has 0 radical (unpaired) electrons. The molecule has 146 valence electrons. The van der Waals surface area contributed by atoms with Crippen LogP contribution in [0.3, 0.4) is 0 Å². The van der Waals surface area contributed by atoms with Gasteiger partial charge in [-0.05, 0) is 60.7 Å². The first kappa shape index (κ1) is 19.4. The summed E-state index contributed by atoms with van der Waals surface area (Å²) in [6, 6.07) is 20.5. The second kappa shape index (κ2) is 7.50. The molecule has 0 saturated heterocycles. The number of sulfone groups is 1. The highest BCUT2D eigenvalue weighted by atomic mass is 79.9. The highest BCUT2D eigenvalue weighted by molar-refractivity contribution is 9.10. The van der Waals surface area contributed by atoms with E-state index in [2.05, 4.69) is 15.9 Å². The standard InChI is InChI=1S/C22H16BrNO4S/c1-28-18-12-6-15(7-13-18)22(25)21-14-24(17-10-8-16(23)9-11-17)19-4-2-3-5-20(19)29(21,26)27/h2-14H,1H3. The van der Waals surface area contributed by atoms with Crippen LogP contribution in [0, 0.1) is 0 Å². The summed E-state index contributed by atoms with van der Waals surface area (Å²) in [6.07, 6.45) is 1.40. The van der Waals surface area contributed by atoms with Crippen molar-refractivity contribution in [2.75, 3.05) is 12.0 Å². The summed E-state index contributed by atoms with van der Waals surface area (Å²) < 4.78 is 32.5. The van der Waals surface area contributed by atoms with Gasteiger partial charge in [-0.3, -0.25) is 4.79 Å². The molecule has 0 amide bonds. The Hall–Kier alpha value is -2.90. The topological polar surface area (TPSA) is 63.7 Å². The predicted octanol–water partition coefficient (Wildman–Crippen LogP) is 5.11. The highest BCUT2D eigenvalue weighted by Gasteiger charge is 2.36. The second-order valence-corrected chi connectivity index (χ2v) is 9.17. The average Bonchev–Trinajstić information content (AvgIpc) is 2.74. The first-order valence-corrected chi connectivity index (χ1v) is 11.0. The summed E-state index contributed by atoms with van der Waals surface area (Å²) in [7, 11) is -2.44. The summed E-state index contributed by atoms with van der Waals surface area (Å²) in [5.74, 6) is 0.0214. The number of carbonyl (C=O) groups excluding carboxylic acids is 1. The Kier molecular flexibility index (Phi) is 5.02. The maximum atomic E-state index is 13.2. The van der Waals surface area contributed by atoms with Gasteiger partial charge < -0.3 is 9.64 Å². The van der Waals surface area contributed by atoms with Crippen LogP contribution in [0.15, 0.2) is 93.3 Å². The van der Waals surface area contributed by atoms with E-state index in [4.69, 9.17) is 4.74 Å². The zero-order valence-corrected chi connectivity index (χ0v) is 17.8. The van der Waals surface area contributed by atoms with Gasteiger partial charge in [0.25, 0.3) is 0 Å². The van der Waals surface area contributed by atoms with E-state index >= 15 is 0 Å². The van der Waals surface area contributed by atoms with E-state index in [-0.39, 0.29) is 15.4 Å². The van der Waals surface area contributed by atoms with Crippen LogP contribution >= 0.6 is 15.9 Å². The Balaban J connectivity index is 1.87. The van der Waals surface area contributed by atoms with E-state index in [1.165, 1.54) is 19.4 Å². The van der Waals surface area contributed by atoms with Crippen LogP contribution in [0.4, 0.5) is 11.4 Å². The number of ketones is 1. The minimum absolute atomic E-state index is 0.0993. The molecule has 4 rings (SSSR count). The average molecular weight is 470 g/mol. The number of carbonyl (C=O) groups is 1. The van der Waals surface area contributed by atoms with Crippen LogP contribution in [0.25, 0.3) is 0 Å². The monoisotopic (exact) mass is 469 g/mol. The zero-order chi connectivity index (χ0) is 20.6. The smallest absolute Gasteiger partial charge is 0.214 e. The molecule has 0 N–H and O–H groups in total. The maximum Gasteiger partial charge on any atom is 0.214 e. The number of fused-ring (bicyclic) bond motifs is 1. The molecular weight excluding hydrogens is 454 g/mol. The van der Waals surface area contributed by atoms with E-state index in [9.17, 15) is 13.2 Å². The van der Waals surface area contributed by atoms with E-state index in [1.807, 2.05) is 24.3 Å². The van der Waals surface area contributed by atoms with Gasteiger partial charge >= 0.3 is 0 Å². The van der Waals surface area contributed by atoms with Crippen molar-refractivity contribution in [3.63, 3.8) is 0 Å².